The highest BCUT2D eigenvalue weighted by Gasteiger charge is 2.18. The van der Waals surface area contributed by atoms with Crippen LogP contribution in [0.1, 0.15) is 44.2 Å². The third kappa shape index (κ3) is 3.58. The van der Waals surface area contributed by atoms with E-state index in [9.17, 15) is 9.59 Å². The largest absolute Gasteiger partial charge is 0.461 e. The summed E-state index contributed by atoms with van der Waals surface area (Å²) < 4.78 is 6.42. The molecule has 6 heteroatoms. The smallest absolute Gasteiger partial charge is 0.358 e. The highest BCUT2D eigenvalue weighted by Crippen LogP contribution is 2.08. The van der Waals surface area contributed by atoms with Crippen LogP contribution in [0.15, 0.2) is 12.5 Å². The van der Waals surface area contributed by atoms with Gasteiger partial charge in [0.05, 0.1) is 12.9 Å². The van der Waals surface area contributed by atoms with Gasteiger partial charge in [-0.25, -0.2) is 9.78 Å². The lowest BCUT2D eigenvalue weighted by Crippen LogP contribution is -2.35. The number of carbonyl (C=O) groups is 2. The second-order valence-corrected chi connectivity index (χ2v) is 4.27. The van der Waals surface area contributed by atoms with Gasteiger partial charge in [-0.1, -0.05) is 0 Å². The van der Waals surface area contributed by atoms with Crippen LogP contribution in [0.2, 0.25) is 0 Å². The number of hydrogen-bond acceptors (Lipinski definition) is 4. The Bertz CT molecular complexity index is 426. The summed E-state index contributed by atoms with van der Waals surface area (Å²) in [5.41, 5.74) is 0.209. The molecular weight excluding hydrogens is 234 g/mol. The van der Waals surface area contributed by atoms with Gasteiger partial charge < -0.3 is 14.6 Å². The van der Waals surface area contributed by atoms with Gasteiger partial charge in [0, 0.05) is 12.2 Å². The second kappa shape index (κ2) is 6.18. The van der Waals surface area contributed by atoms with E-state index in [4.69, 9.17) is 4.74 Å². The summed E-state index contributed by atoms with van der Waals surface area (Å²) >= 11 is 0. The van der Waals surface area contributed by atoms with E-state index in [1.807, 2.05) is 13.8 Å². The SMILES string of the molecule is CCOC(=O)c1cn(C(C)C(=O)NC(C)C)cn1. The molecule has 0 saturated heterocycles. The topological polar surface area (TPSA) is 73.2 Å². The van der Waals surface area contributed by atoms with Gasteiger partial charge >= 0.3 is 5.97 Å². The summed E-state index contributed by atoms with van der Waals surface area (Å²) in [7, 11) is 0. The minimum atomic E-state index is -0.479. The first-order valence-corrected chi connectivity index (χ1v) is 5.96. The molecule has 1 amide bonds. The molecule has 0 aliphatic rings. The first-order chi connectivity index (χ1) is 8.45. The normalized spacial score (nSPS) is 12.3. The fourth-order valence-corrected chi connectivity index (χ4v) is 1.40. The van der Waals surface area contributed by atoms with Crippen molar-refractivity contribution in [1.82, 2.24) is 14.9 Å². The van der Waals surface area contributed by atoms with Crippen molar-refractivity contribution in [3.05, 3.63) is 18.2 Å². The number of esters is 1. The van der Waals surface area contributed by atoms with E-state index in [1.165, 1.54) is 12.5 Å². The quantitative estimate of drug-likeness (QED) is 0.799. The average Bonchev–Trinajstić information content (AvgIpc) is 2.76. The maximum absolute atomic E-state index is 11.8. The predicted molar refractivity (Wildman–Crippen MR) is 66.2 cm³/mol. The third-order valence-corrected chi connectivity index (χ3v) is 2.34. The molecule has 100 valence electrons. The summed E-state index contributed by atoms with van der Waals surface area (Å²) in [6.45, 7) is 7.56. The van der Waals surface area contributed by atoms with Gasteiger partial charge in [0.15, 0.2) is 5.69 Å². The number of ether oxygens (including phenoxy) is 1. The van der Waals surface area contributed by atoms with Crippen molar-refractivity contribution in [3.63, 3.8) is 0 Å². The van der Waals surface area contributed by atoms with Crippen molar-refractivity contribution in [2.45, 2.75) is 39.8 Å². The Morgan fingerprint density at radius 3 is 2.67 bits per heavy atom. The number of imidazole rings is 1. The molecule has 0 bridgehead atoms. The summed E-state index contributed by atoms with van der Waals surface area (Å²) in [6, 6.07) is -0.337. The van der Waals surface area contributed by atoms with Crippen LogP contribution in [0.25, 0.3) is 0 Å². The molecule has 1 heterocycles. The summed E-state index contributed by atoms with van der Waals surface area (Å²) in [5.74, 6) is -0.592. The molecule has 1 aromatic heterocycles. The predicted octanol–water partition coefficient (Wildman–Crippen LogP) is 1.15. The molecule has 18 heavy (non-hydrogen) atoms. The van der Waals surface area contributed by atoms with Gasteiger partial charge in [-0.2, -0.15) is 0 Å². The molecule has 0 fully saturated rings. The Kier molecular flexibility index (Phi) is 4.88. The van der Waals surface area contributed by atoms with Gasteiger partial charge in [-0.15, -0.1) is 0 Å². The first kappa shape index (κ1) is 14.2. The number of amides is 1. The lowest BCUT2D eigenvalue weighted by atomic mass is 10.3. The first-order valence-electron chi connectivity index (χ1n) is 5.96. The molecule has 1 aromatic rings. The van der Waals surface area contributed by atoms with Crippen LogP contribution in [-0.2, 0) is 9.53 Å². The Hall–Kier alpha value is -1.85. The van der Waals surface area contributed by atoms with Crippen LogP contribution in [0, 0.1) is 0 Å². The minimum Gasteiger partial charge on any atom is -0.461 e. The number of rotatable bonds is 5. The second-order valence-electron chi connectivity index (χ2n) is 4.27. The van der Waals surface area contributed by atoms with Gasteiger partial charge in [0.2, 0.25) is 5.91 Å². The maximum Gasteiger partial charge on any atom is 0.358 e. The van der Waals surface area contributed by atoms with E-state index < -0.39 is 12.0 Å². The molecule has 0 saturated carbocycles. The third-order valence-electron chi connectivity index (χ3n) is 2.34. The number of aromatic nitrogens is 2. The fourth-order valence-electron chi connectivity index (χ4n) is 1.40. The standard InChI is InChI=1S/C12H19N3O3/c1-5-18-12(17)10-6-15(7-13-10)9(4)11(16)14-8(2)3/h6-9H,5H2,1-4H3,(H,14,16). The summed E-state index contributed by atoms with van der Waals surface area (Å²) in [4.78, 5) is 27.1. The molecular formula is C12H19N3O3. The van der Waals surface area contributed by atoms with E-state index in [0.29, 0.717) is 6.61 Å². The van der Waals surface area contributed by atoms with Gasteiger partial charge in [0.1, 0.15) is 6.04 Å². The Morgan fingerprint density at radius 2 is 2.11 bits per heavy atom. The van der Waals surface area contributed by atoms with E-state index in [2.05, 4.69) is 10.3 Å². The van der Waals surface area contributed by atoms with Crippen molar-refractivity contribution < 1.29 is 14.3 Å². The van der Waals surface area contributed by atoms with Crippen molar-refractivity contribution >= 4 is 11.9 Å². The minimum absolute atomic E-state index is 0.0769. The maximum atomic E-state index is 11.8. The number of nitrogens with one attached hydrogen (secondary N) is 1. The summed E-state index contributed by atoms with van der Waals surface area (Å²) in [6.07, 6.45) is 2.97. The molecule has 0 aromatic carbocycles. The molecule has 0 spiro atoms. The summed E-state index contributed by atoms with van der Waals surface area (Å²) in [5, 5.41) is 2.80. The molecule has 1 rings (SSSR count). The Labute approximate surface area is 106 Å². The molecule has 1 unspecified atom stereocenters. The Morgan fingerprint density at radius 1 is 1.44 bits per heavy atom. The van der Waals surface area contributed by atoms with E-state index in [0.717, 1.165) is 0 Å². The molecule has 0 aliphatic carbocycles. The average molecular weight is 253 g/mol. The van der Waals surface area contributed by atoms with E-state index >= 15 is 0 Å². The van der Waals surface area contributed by atoms with Crippen LogP contribution in [0.4, 0.5) is 0 Å². The molecule has 0 radical (unpaired) electrons. The zero-order chi connectivity index (χ0) is 13.7. The van der Waals surface area contributed by atoms with Crippen molar-refractivity contribution in [2.24, 2.45) is 0 Å². The number of carbonyl (C=O) groups excluding carboxylic acids is 2. The Balaban J connectivity index is 2.73. The van der Waals surface area contributed by atoms with Gasteiger partial charge in [-0.3, -0.25) is 4.79 Å². The van der Waals surface area contributed by atoms with Crippen molar-refractivity contribution in [3.8, 4) is 0 Å². The molecule has 1 atom stereocenters. The van der Waals surface area contributed by atoms with Crippen LogP contribution in [0.5, 0.6) is 0 Å². The highest BCUT2D eigenvalue weighted by atomic mass is 16.5. The van der Waals surface area contributed by atoms with Gasteiger partial charge in [0.25, 0.3) is 0 Å². The van der Waals surface area contributed by atoms with Crippen LogP contribution >= 0.6 is 0 Å². The lowest BCUT2D eigenvalue weighted by Gasteiger charge is -2.15. The zero-order valence-electron chi connectivity index (χ0n) is 11.1. The van der Waals surface area contributed by atoms with Crippen molar-refractivity contribution in [1.29, 1.82) is 0 Å². The molecule has 1 N–H and O–H groups in total. The molecule has 0 aliphatic heterocycles. The van der Waals surface area contributed by atoms with E-state index in [1.54, 1.807) is 18.4 Å². The van der Waals surface area contributed by atoms with Crippen LogP contribution in [0.3, 0.4) is 0 Å². The van der Waals surface area contributed by atoms with Crippen LogP contribution in [-0.4, -0.2) is 34.1 Å². The number of nitrogens with zero attached hydrogens (tertiary/aromatic N) is 2. The number of hydrogen-bond donors (Lipinski definition) is 1. The highest BCUT2D eigenvalue weighted by molar-refractivity contribution is 5.87. The lowest BCUT2D eigenvalue weighted by molar-refractivity contribution is -0.124. The van der Waals surface area contributed by atoms with Crippen molar-refractivity contribution in [2.75, 3.05) is 6.61 Å². The van der Waals surface area contributed by atoms with Crippen LogP contribution < -0.4 is 5.32 Å². The fraction of sp³-hybridized carbons (Fsp3) is 0.583. The zero-order valence-corrected chi connectivity index (χ0v) is 11.1. The monoisotopic (exact) mass is 253 g/mol. The van der Waals surface area contributed by atoms with E-state index in [-0.39, 0.29) is 17.6 Å². The molecule has 6 nitrogen and oxygen atoms in total. The van der Waals surface area contributed by atoms with Gasteiger partial charge in [-0.05, 0) is 27.7 Å².